The monoisotopic (exact) mass is 394 g/mol. The Labute approximate surface area is 159 Å². The topological polar surface area (TPSA) is 65.5 Å². The molecular weight excluding hydrogens is 374 g/mol. The number of piperidine rings is 1. The van der Waals surface area contributed by atoms with Gasteiger partial charge in [0.2, 0.25) is 5.91 Å². The molecule has 1 aromatic heterocycles. The van der Waals surface area contributed by atoms with Gasteiger partial charge in [0, 0.05) is 38.5 Å². The van der Waals surface area contributed by atoms with Gasteiger partial charge in [-0.2, -0.15) is 0 Å². The maximum Gasteiger partial charge on any atom is 0.319 e. The molecule has 0 unspecified atom stereocenters. The van der Waals surface area contributed by atoms with Crippen LogP contribution in [0.2, 0.25) is 0 Å². The lowest BCUT2D eigenvalue weighted by Gasteiger charge is -2.32. The van der Waals surface area contributed by atoms with Gasteiger partial charge in [0.1, 0.15) is 11.6 Å². The molecule has 3 amide bonds. The standard InChI is InChI=1S/C18H20F2N4O2S/c1-23(2)18(26)24-8-6-11(7-9-24)16(25)22-17-21-14(10-27-17)15-12(19)4-3-5-13(15)20/h3-5,10-11H,6-9H2,1-2H3,(H,21,22,25). The molecule has 0 bridgehead atoms. The van der Waals surface area contributed by atoms with Crippen LogP contribution in [0.4, 0.5) is 18.7 Å². The highest BCUT2D eigenvalue weighted by Crippen LogP contribution is 2.30. The Morgan fingerprint density at radius 2 is 1.85 bits per heavy atom. The van der Waals surface area contributed by atoms with Gasteiger partial charge < -0.3 is 15.1 Å². The van der Waals surface area contributed by atoms with Crippen molar-refractivity contribution >= 4 is 28.4 Å². The predicted molar refractivity (Wildman–Crippen MR) is 99.5 cm³/mol. The van der Waals surface area contributed by atoms with E-state index in [-0.39, 0.29) is 29.1 Å². The lowest BCUT2D eigenvalue weighted by Crippen LogP contribution is -2.45. The number of urea groups is 1. The average molecular weight is 394 g/mol. The minimum Gasteiger partial charge on any atom is -0.331 e. The summed E-state index contributed by atoms with van der Waals surface area (Å²) in [5, 5.41) is 4.52. The van der Waals surface area contributed by atoms with Crippen molar-refractivity contribution in [1.82, 2.24) is 14.8 Å². The quantitative estimate of drug-likeness (QED) is 0.868. The van der Waals surface area contributed by atoms with E-state index in [4.69, 9.17) is 0 Å². The van der Waals surface area contributed by atoms with Crippen molar-refractivity contribution in [2.45, 2.75) is 12.8 Å². The Bertz CT molecular complexity index is 827. The lowest BCUT2D eigenvalue weighted by atomic mass is 9.96. The number of nitrogens with zero attached hydrogens (tertiary/aromatic N) is 3. The maximum atomic E-state index is 13.9. The number of rotatable bonds is 3. The number of carbonyl (C=O) groups is 2. The molecule has 1 aliphatic heterocycles. The summed E-state index contributed by atoms with van der Waals surface area (Å²) in [6, 6.07) is 3.55. The summed E-state index contributed by atoms with van der Waals surface area (Å²) >= 11 is 1.12. The van der Waals surface area contributed by atoms with E-state index in [1.807, 2.05) is 0 Å². The Morgan fingerprint density at radius 3 is 2.44 bits per heavy atom. The van der Waals surface area contributed by atoms with Crippen molar-refractivity contribution in [2.75, 3.05) is 32.5 Å². The summed E-state index contributed by atoms with van der Waals surface area (Å²) in [5.41, 5.74) is -0.0537. The van der Waals surface area contributed by atoms with Gasteiger partial charge in [-0.15, -0.1) is 11.3 Å². The summed E-state index contributed by atoms with van der Waals surface area (Å²) < 4.78 is 27.7. The van der Waals surface area contributed by atoms with Crippen molar-refractivity contribution in [3.8, 4) is 11.3 Å². The number of likely N-dealkylation sites (tertiary alicyclic amines) is 1. The molecule has 2 aromatic rings. The number of hydrogen-bond acceptors (Lipinski definition) is 4. The fourth-order valence-corrected chi connectivity index (χ4v) is 3.72. The number of nitrogens with one attached hydrogen (secondary N) is 1. The van der Waals surface area contributed by atoms with Gasteiger partial charge >= 0.3 is 6.03 Å². The molecule has 6 nitrogen and oxygen atoms in total. The van der Waals surface area contributed by atoms with Crippen molar-refractivity contribution in [3.05, 3.63) is 35.2 Å². The second-order valence-corrected chi connectivity index (χ2v) is 7.42. The van der Waals surface area contributed by atoms with Gasteiger partial charge in [0.05, 0.1) is 11.3 Å². The third kappa shape index (κ3) is 4.24. The van der Waals surface area contributed by atoms with E-state index >= 15 is 0 Å². The van der Waals surface area contributed by atoms with Crippen LogP contribution in [0.15, 0.2) is 23.6 Å². The Morgan fingerprint density at radius 1 is 1.22 bits per heavy atom. The zero-order valence-electron chi connectivity index (χ0n) is 15.0. The first-order chi connectivity index (χ1) is 12.9. The van der Waals surface area contributed by atoms with Crippen molar-refractivity contribution < 1.29 is 18.4 Å². The van der Waals surface area contributed by atoms with Crippen LogP contribution in [0.1, 0.15) is 12.8 Å². The number of halogens is 2. The number of benzene rings is 1. The molecular formula is C18H20F2N4O2S. The molecule has 0 atom stereocenters. The Kier molecular flexibility index (Phi) is 5.69. The molecule has 0 radical (unpaired) electrons. The molecule has 3 rings (SSSR count). The average Bonchev–Trinajstić information content (AvgIpc) is 3.09. The molecule has 1 fully saturated rings. The highest BCUT2D eigenvalue weighted by molar-refractivity contribution is 7.14. The summed E-state index contributed by atoms with van der Waals surface area (Å²) in [6.45, 7) is 1.03. The van der Waals surface area contributed by atoms with Gasteiger partial charge in [-0.05, 0) is 25.0 Å². The number of hydrogen-bond donors (Lipinski definition) is 1. The van der Waals surface area contributed by atoms with E-state index in [1.165, 1.54) is 28.5 Å². The van der Waals surface area contributed by atoms with Crippen LogP contribution < -0.4 is 5.32 Å². The van der Waals surface area contributed by atoms with E-state index in [1.54, 1.807) is 19.0 Å². The van der Waals surface area contributed by atoms with Crippen LogP contribution in [0, 0.1) is 17.6 Å². The first-order valence-electron chi connectivity index (χ1n) is 8.54. The SMILES string of the molecule is CN(C)C(=O)N1CCC(C(=O)Nc2nc(-c3c(F)cccc3F)cs2)CC1. The van der Waals surface area contributed by atoms with Crippen LogP contribution >= 0.6 is 11.3 Å². The zero-order chi connectivity index (χ0) is 19.6. The van der Waals surface area contributed by atoms with Gasteiger partial charge in [0.15, 0.2) is 5.13 Å². The molecule has 0 spiro atoms. The van der Waals surface area contributed by atoms with Gasteiger partial charge in [-0.1, -0.05) is 6.07 Å². The highest BCUT2D eigenvalue weighted by atomic mass is 32.1. The summed E-state index contributed by atoms with van der Waals surface area (Å²) in [4.78, 5) is 31.8. The van der Waals surface area contributed by atoms with Crippen molar-refractivity contribution in [2.24, 2.45) is 5.92 Å². The first kappa shape index (κ1) is 19.2. The first-order valence-corrected chi connectivity index (χ1v) is 9.41. The highest BCUT2D eigenvalue weighted by Gasteiger charge is 2.28. The number of anilines is 1. The molecule has 27 heavy (non-hydrogen) atoms. The molecule has 1 aromatic carbocycles. The molecule has 144 valence electrons. The second-order valence-electron chi connectivity index (χ2n) is 6.56. The number of thiazole rings is 1. The van der Waals surface area contributed by atoms with Crippen molar-refractivity contribution in [1.29, 1.82) is 0 Å². The van der Waals surface area contributed by atoms with Gasteiger partial charge in [0.25, 0.3) is 0 Å². The predicted octanol–water partition coefficient (Wildman–Crippen LogP) is 3.42. The second kappa shape index (κ2) is 7.99. The summed E-state index contributed by atoms with van der Waals surface area (Å²) in [5.74, 6) is -1.82. The molecule has 1 saturated heterocycles. The molecule has 0 saturated carbocycles. The number of amides is 3. The van der Waals surface area contributed by atoms with Crippen molar-refractivity contribution in [3.63, 3.8) is 0 Å². The Balaban J connectivity index is 1.61. The molecule has 0 aliphatic carbocycles. The number of aromatic nitrogens is 1. The van der Waals surface area contributed by atoms with Crippen LogP contribution in [0.25, 0.3) is 11.3 Å². The minimum absolute atomic E-state index is 0.0645. The lowest BCUT2D eigenvalue weighted by molar-refractivity contribution is -0.121. The molecule has 2 heterocycles. The van der Waals surface area contributed by atoms with Gasteiger partial charge in [-0.25, -0.2) is 18.6 Å². The van der Waals surface area contributed by atoms with E-state index in [0.717, 1.165) is 11.3 Å². The summed E-state index contributed by atoms with van der Waals surface area (Å²) in [7, 11) is 3.39. The summed E-state index contributed by atoms with van der Waals surface area (Å²) in [6.07, 6.45) is 1.12. The van der Waals surface area contributed by atoms with Crippen LogP contribution in [-0.4, -0.2) is 53.9 Å². The van der Waals surface area contributed by atoms with Gasteiger partial charge in [-0.3, -0.25) is 4.79 Å². The zero-order valence-corrected chi connectivity index (χ0v) is 15.9. The van der Waals surface area contributed by atoms with Crippen LogP contribution in [-0.2, 0) is 4.79 Å². The maximum absolute atomic E-state index is 13.9. The van der Waals surface area contributed by atoms with Crippen LogP contribution in [0.3, 0.4) is 0 Å². The third-order valence-electron chi connectivity index (χ3n) is 4.47. The molecule has 1 aliphatic rings. The largest absolute Gasteiger partial charge is 0.331 e. The number of carbonyl (C=O) groups excluding carboxylic acids is 2. The fourth-order valence-electron chi connectivity index (χ4n) is 3.01. The normalized spacial score (nSPS) is 14.9. The third-order valence-corrected chi connectivity index (χ3v) is 5.23. The smallest absolute Gasteiger partial charge is 0.319 e. The fraction of sp³-hybridized carbons (Fsp3) is 0.389. The Hall–Kier alpha value is -2.55. The minimum atomic E-state index is -0.698. The van der Waals surface area contributed by atoms with E-state index in [0.29, 0.717) is 31.1 Å². The van der Waals surface area contributed by atoms with Crippen LogP contribution in [0.5, 0.6) is 0 Å². The van der Waals surface area contributed by atoms with E-state index in [9.17, 15) is 18.4 Å². The molecule has 1 N–H and O–H groups in total. The van der Waals surface area contributed by atoms with E-state index < -0.39 is 11.6 Å². The molecule has 9 heteroatoms. The van der Waals surface area contributed by atoms with E-state index in [2.05, 4.69) is 10.3 Å².